The number of sulfonamides is 1. The molecule has 0 amide bonds. The van der Waals surface area contributed by atoms with Gasteiger partial charge >= 0.3 is 0 Å². The van der Waals surface area contributed by atoms with Crippen molar-refractivity contribution >= 4 is 50.2 Å². The number of carbonyl (C=O) groups is 1. The smallest absolute Gasteiger partial charge is 0.229 e. The van der Waals surface area contributed by atoms with Crippen LogP contribution in [0.1, 0.15) is 39.5 Å². The zero-order chi connectivity index (χ0) is 25.4. The number of hydrogen-bond acceptors (Lipinski definition) is 7. The Morgan fingerprint density at radius 3 is 2.67 bits per heavy atom. The summed E-state index contributed by atoms with van der Waals surface area (Å²) in [5.74, 6) is 1.85. The van der Waals surface area contributed by atoms with Gasteiger partial charge in [0.25, 0.3) is 0 Å². The Hall–Kier alpha value is -3.27. The van der Waals surface area contributed by atoms with Gasteiger partial charge in [-0.3, -0.25) is 4.72 Å². The minimum absolute atomic E-state index is 0.224. The highest BCUT2D eigenvalue weighted by atomic mass is 32.2. The van der Waals surface area contributed by atoms with E-state index in [2.05, 4.69) is 44.7 Å². The molecule has 10 heteroatoms. The maximum absolute atomic E-state index is 12.3. The van der Waals surface area contributed by atoms with Crippen molar-refractivity contribution in [1.29, 1.82) is 0 Å². The molecule has 5 rings (SSSR count). The third-order valence-corrected chi connectivity index (χ3v) is 7.41. The fourth-order valence-electron chi connectivity index (χ4n) is 5.23. The summed E-state index contributed by atoms with van der Waals surface area (Å²) >= 11 is 0. The van der Waals surface area contributed by atoms with Crippen molar-refractivity contribution in [1.82, 2.24) is 9.97 Å². The van der Waals surface area contributed by atoms with Crippen molar-refractivity contribution in [3.63, 3.8) is 0 Å². The summed E-state index contributed by atoms with van der Waals surface area (Å²) in [6.07, 6.45) is 7.95. The van der Waals surface area contributed by atoms with Gasteiger partial charge in [0.15, 0.2) is 5.82 Å². The lowest BCUT2D eigenvalue weighted by Crippen LogP contribution is -2.52. The van der Waals surface area contributed by atoms with E-state index >= 15 is 0 Å². The number of hydrogen-bond donors (Lipinski definition) is 3. The first-order valence-corrected chi connectivity index (χ1v) is 14.4. The molecule has 1 aliphatic carbocycles. The maximum Gasteiger partial charge on any atom is 0.229 e. The molecule has 3 aromatic rings. The van der Waals surface area contributed by atoms with Gasteiger partial charge in [0, 0.05) is 47.5 Å². The number of benzene rings is 1. The molecule has 0 bridgehead atoms. The van der Waals surface area contributed by atoms with Crippen LogP contribution in [0.2, 0.25) is 0 Å². The second-order valence-electron chi connectivity index (χ2n) is 10.2. The topological polar surface area (TPSA) is 110 Å². The van der Waals surface area contributed by atoms with Crippen LogP contribution in [-0.2, 0) is 14.8 Å². The Balaban J connectivity index is 1.38. The molecule has 9 nitrogen and oxygen atoms in total. The number of carbonyl (C=O) groups excluding carboxylic acids is 1. The molecule has 2 aliphatic rings. The van der Waals surface area contributed by atoms with E-state index in [1.807, 2.05) is 24.4 Å². The van der Waals surface area contributed by atoms with Gasteiger partial charge in [0.05, 0.1) is 18.0 Å². The molecule has 1 saturated heterocycles. The van der Waals surface area contributed by atoms with Gasteiger partial charge in [-0.05, 0) is 75.9 Å². The third-order valence-electron chi connectivity index (χ3n) is 6.80. The minimum Gasteiger partial charge on any atom is -0.380 e. The predicted octanol–water partition coefficient (Wildman–Crippen LogP) is 3.96. The average molecular weight is 511 g/mol. The van der Waals surface area contributed by atoms with Crippen LogP contribution in [0.15, 0.2) is 42.6 Å². The molecule has 1 saturated carbocycles. The first kappa shape index (κ1) is 24.4. The SMILES string of the molecule is CC(C)Nc1cccnc1N(C1CC1)C1CCN(c2cc3cc(NS(C)(=O)=O)ccc3[nH]2)C(C=O)C1. The molecule has 2 aromatic heterocycles. The lowest BCUT2D eigenvalue weighted by Gasteiger charge is -2.43. The van der Waals surface area contributed by atoms with E-state index in [1.165, 1.54) is 0 Å². The number of anilines is 4. The highest BCUT2D eigenvalue weighted by molar-refractivity contribution is 7.92. The number of aromatic amines is 1. The van der Waals surface area contributed by atoms with Crippen LogP contribution in [0, 0.1) is 0 Å². The molecule has 2 unspecified atom stereocenters. The van der Waals surface area contributed by atoms with Gasteiger partial charge < -0.3 is 24.9 Å². The Morgan fingerprint density at radius 2 is 1.97 bits per heavy atom. The number of pyridine rings is 1. The normalized spacial score (nSPS) is 20.5. The summed E-state index contributed by atoms with van der Waals surface area (Å²) < 4.78 is 25.7. The molecule has 36 heavy (non-hydrogen) atoms. The molecule has 3 heterocycles. The number of rotatable bonds is 9. The molecule has 0 spiro atoms. The molecular weight excluding hydrogens is 476 g/mol. The summed E-state index contributed by atoms with van der Waals surface area (Å²) in [5, 5.41) is 4.43. The summed E-state index contributed by atoms with van der Waals surface area (Å²) in [6.45, 7) is 4.98. The van der Waals surface area contributed by atoms with Crippen molar-refractivity contribution in [3.05, 3.63) is 42.6 Å². The zero-order valence-corrected chi connectivity index (χ0v) is 21.8. The molecular formula is C26H34N6O3S. The van der Waals surface area contributed by atoms with E-state index in [-0.39, 0.29) is 12.1 Å². The molecule has 192 valence electrons. The Morgan fingerprint density at radius 1 is 1.17 bits per heavy atom. The van der Waals surface area contributed by atoms with Gasteiger partial charge in [-0.1, -0.05) is 0 Å². The molecule has 2 atom stereocenters. The van der Waals surface area contributed by atoms with Crippen LogP contribution in [0.4, 0.5) is 23.0 Å². The molecule has 1 aliphatic heterocycles. The number of aldehydes is 1. The lowest BCUT2D eigenvalue weighted by atomic mass is 9.96. The van der Waals surface area contributed by atoms with Crippen molar-refractivity contribution in [2.45, 2.75) is 63.7 Å². The van der Waals surface area contributed by atoms with E-state index in [0.29, 0.717) is 24.2 Å². The van der Waals surface area contributed by atoms with E-state index in [1.54, 1.807) is 12.1 Å². The number of nitrogens with one attached hydrogen (secondary N) is 3. The third kappa shape index (κ3) is 5.28. The minimum atomic E-state index is -3.35. The first-order chi connectivity index (χ1) is 17.2. The van der Waals surface area contributed by atoms with E-state index in [4.69, 9.17) is 4.98 Å². The van der Waals surface area contributed by atoms with Gasteiger partial charge in [-0.25, -0.2) is 13.4 Å². The van der Waals surface area contributed by atoms with Gasteiger partial charge in [0.2, 0.25) is 10.0 Å². The molecule has 3 N–H and O–H groups in total. The fourth-order valence-corrected chi connectivity index (χ4v) is 5.79. The average Bonchev–Trinajstić information content (AvgIpc) is 3.56. The first-order valence-electron chi connectivity index (χ1n) is 12.5. The quantitative estimate of drug-likeness (QED) is 0.374. The maximum atomic E-state index is 12.3. The zero-order valence-electron chi connectivity index (χ0n) is 20.9. The summed E-state index contributed by atoms with van der Waals surface area (Å²) in [4.78, 5) is 25.1. The van der Waals surface area contributed by atoms with Crippen LogP contribution >= 0.6 is 0 Å². The van der Waals surface area contributed by atoms with Crippen molar-refractivity contribution in [2.75, 3.05) is 32.6 Å². The Labute approximate surface area is 212 Å². The van der Waals surface area contributed by atoms with E-state index in [0.717, 1.165) is 66.6 Å². The van der Waals surface area contributed by atoms with Crippen molar-refractivity contribution < 1.29 is 13.2 Å². The summed E-state index contributed by atoms with van der Waals surface area (Å²) in [7, 11) is -3.35. The van der Waals surface area contributed by atoms with Gasteiger partial charge in [-0.2, -0.15) is 0 Å². The Bertz CT molecular complexity index is 1350. The molecule has 1 aromatic carbocycles. The van der Waals surface area contributed by atoms with E-state index < -0.39 is 10.0 Å². The van der Waals surface area contributed by atoms with Crippen LogP contribution in [0.3, 0.4) is 0 Å². The van der Waals surface area contributed by atoms with Crippen molar-refractivity contribution in [3.8, 4) is 0 Å². The standard InChI is InChI=1S/C26H34N6O3S/c1-17(2)28-24-5-4-11-27-26(24)32(20-7-8-20)21-10-12-31(22(15-21)16-33)25-14-18-13-19(30-36(3,34)35)6-9-23(18)29-25/h4-6,9,11,13-14,16-17,20-22,28-30H,7-8,10,12,15H2,1-3H3. The number of nitrogens with zero attached hydrogens (tertiary/aromatic N) is 3. The van der Waals surface area contributed by atoms with Gasteiger partial charge in [-0.15, -0.1) is 0 Å². The summed E-state index contributed by atoms with van der Waals surface area (Å²) in [6, 6.07) is 12.1. The molecule has 2 fully saturated rings. The predicted molar refractivity (Wildman–Crippen MR) is 145 cm³/mol. The second-order valence-corrected chi connectivity index (χ2v) is 12.0. The highest BCUT2D eigenvalue weighted by Crippen LogP contribution is 2.40. The number of aromatic nitrogens is 2. The van der Waals surface area contributed by atoms with Gasteiger partial charge in [0.1, 0.15) is 12.1 Å². The van der Waals surface area contributed by atoms with Crippen LogP contribution in [0.5, 0.6) is 0 Å². The number of H-pyrrole nitrogens is 1. The molecule has 0 radical (unpaired) electrons. The monoisotopic (exact) mass is 510 g/mol. The fraction of sp³-hybridized carbons (Fsp3) is 0.462. The Kier molecular flexibility index (Phi) is 6.55. The van der Waals surface area contributed by atoms with Crippen LogP contribution in [-0.4, -0.2) is 61.6 Å². The van der Waals surface area contributed by atoms with Crippen molar-refractivity contribution in [2.24, 2.45) is 0 Å². The number of piperidine rings is 1. The second kappa shape index (κ2) is 9.65. The van der Waals surface area contributed by atoms with Crippen LogP contribution in [0.25, 0.3) is 10.9 Å². The van der Waals surface area contributed by atoms with Crippen LogP contribution < -0.4 is 19.8 Å². The highest BCUT2D eigenvalue weighted by Gasteiger charge is 2.40. The van der Waals surface area contributed by atoms with E-state index in [9.17, 15) is 13.2 Å². The summed E-state index contributed by atoms with van der Waals surface area (Å²) in [5.41, 5.74) is 2.45. The lowest BCUT2D eigenvalue weighted by molar-refractivity contribution is -0.109. The number of fused-ring (bicyclic) bond motifs is 1. The largest absolute Gasteiger partial charge is 0.380 e.